The Kier molecular flexibility index (Phi) is 4.29. The van der Waals surface area contributed by atoms with Crippen LogP contribution in [0.4, 0.5) is 0 Å². The van der Waals surface area contributed by atoms with Gasteiger partial charge in [0.2, 0.25) is 0 Å². The molecule has 15 heavy (non-hydrogen) atoms. The second-order valence-corrected chi connectivity index (χ2v) is 4.41. The summed E-state index contributed by atoms with van der Waals surface area (Å²) in [7, 11) is 0. The van der Waals surface area contributed by atoms with Gasteiger partial charge >= 0.3 is 0 Å². The fourth-order valence-electron chi connectivity index (χ4n) is 1.96. The number of halogens is 1. The molecule has 0 aromatic carbocycles. The molecule has 0 aromatic rings. The van der Waals surface area contributed by atoms with Crippen LogP contribution >= 0.6 is 11.6 Å². The highest BCUT2D eigenvalue weighted by atomic mass is 35.5. The molecule has 0 saturated heterocycles. The fourth-order valence-corrected chi connectivity index (χ4v) is 2.13. The molecule has 2 aliphatic rings. The molecule has 0 radical (unpaired) electrons. The van der Waals surface area contributed by atoms with Gasteiger partial charge in [-0.1, -0.05) is 30.9 Å². The van der Waals surface area contributed by atoms with E-state index in [-0.39, 0.29) is 0 Å². The molecule has 1 heterocycles. The molecule has 1 atom stereocenters. The van der Waals surface area contributed by atoms with Crippen LogP contribution in [0.3, 0.4) is 0 Å². The van der Waals surface area contributed by atoms with Crippen LogP contribution in [0.1, 0.15) is 32.1 Å². The molecule has 0 amide bonds. The number of hydrogen-bond acceptors (Lipinski definition) is 3. The Morgan fingerprint density at radius 1 is 1.20 bits per heavy atom. The van der Waals surface area contributed by atoms with Crippen LogP contribution in [0.15, 0.2) is 11.3 Å². The van der Waals surface area contributed by atoms with E-state index in [1.807, 2.05) is 0 Å². The zero-order valence-electron chi connectivity index (χ0n) is 8.78. The van der Waals surface area contributed by atoms with Crippen molar-refractivity contribution >= 4 is 11.6 Å². The van der Waals surface area contributed by atoms with Gasteiger partial charge in [-0.15, -0.1) is 0 Å². The first-order chi connectivity index (χ1) is 7.36. The van der Waals surface area contributed by atoms with Gasteiger partial charge in [0.25, 0.3) is 0 Å². The minimum Gasteiger partial charge on any atom is -0.497 e. The van der Waals surface area contributed by atoms with E-state index in [9.17, 15) is 0 Å². The van der Waals surface area contributed by atoms with E-state index in [0.29, 0.717) is 24.4 Å². The molecule has 0 bridgehead atoms. The summed E-state index contributed by atoms with van der Waals surface area (Å²) in [5, 5.41) is 0.512. The van der Waals surface area contributed by atoms with Crippen molar-refractivity contribution in [2.75, 3.05) is 13.2 Å². The molecule has 1 aliphatic heterocycles. The normalized spacial score (nSPS) is 29.1. The third-order valence-corrected chi connectivity index (χ3v) is 3.03. The van der Waals surface area contributed by atoms with E-state index in [1.54, 1.807) is 0 Å². The SMILES string of the molecule is ClC1=COCCOC1OC1CCCCC1. The number of rotatable bonds is 2. The summed E-state index contributed by atoms with van der Waals surface area (Å²) in [5.74, 6) is 0. The zero-order chi connectivity index (χ0) is 10.5. The maximum Gasteiger partial charge on any atom is 0.197 e. The predicted molar refractivity (Wildman–Crippen MR) is 57.6 cm³/mol. The topological polar surface area (TPSA) is 27.7 Å². The largest absolute Gasteiger partial charge is 0.497 e. The van der Waals surface area contributed by atoms with Gasteiger partial charge in [0.05, 0.1) is 12.7 Å². The highest BCUT2D eigenvalue weighted by molar-refractivity contribution is 6.29. The lowest BCUT2D eigenvalue weighted by atomic mass is 9.98. The van der Waals surface area contributed by atoms with Gasteiger partial charge in [-0.2, -0.15) is 0 Å². The summed E-state index contributed by atoms with van der Waals surface area (Å²) in [6.07, 6.45) is 7.45. The van der Waals surface area contributed by atoms with Crippen LogP contribution in [0.25, 0.3) is 0 Å². The third kappa shape index (κ3) is 3.37. The maximum atomic E-state index is 5.99. The fraction of sp³-hybridized carbons (Fsp3) is 0.818. The van der Waals surface area contributed by atoms with Crippen LogP contribution in [0.2, 0.25) is 0 Å². The van der Waals surface area contributed by atoms with Gasteiger partial charge in [-0.05, 0) is 12.8 Å². The Hall–Kier alpha value is -0.250. The molecule has 2 rings (SSSR count). The van der Waals surface area contributed by atoms with Gasteiger partial charge < -0.3 is 14.2 Å². The average molecular weight is 233 g/mol. The smallest absolute Gasteiger partial charge is 0.197 e. The Balaban J connectivity index is 1.85. The van der Waals surface area contributed by atoms with E-state index in [2.05, 4.69) is 0 Å². The van der Waals surface area contributed by atoms with Gasteiger partial charge in [-0.25, -0.2) is 0 Å². The first-order valence-corrected chi connectivity index (χ1v) is 5.98. The predicted octanol–water partition coefficient (Wildman–Crippen LogP) is 2.79. The molecule has 1 unspecified atom stereocenters. The Morgan fingerprint density at radius 2 is 2.00 bits per heavy atom. The van der Waals surface area contributed by atoms with Crippen molar-refractivity contribution < 1.29 is 14.2 Å². The van der Waals surface area contributed by atoms with Crippen LogP contribution in [-0.4, -0.2) is 25.6 Å². The van der Waals surface area contributed by atoms with E-state index in [4.69, 9.17) is 25.8 Å². The summed E-state index contributed by atoms with van der Waals surface area (Å²) in [6.45, 7) is 1.07. The second kappa shape index (κ2) is 5.73. The molecular weight excluding hydrogens is 216 g/mol. The molecule has 0 spiro atoms. The molecule has 86 valence electrons. The standard InChI is InChI=1S/C11H17ClO3/c12-10-8-13-6-7-14-11(10)15-9-4-2-1-3-5-9/h8-9,11H,1-7H2. The maximum absolute atomic E-state index is 5.99. The Bertz CT molecular complexity index is 224. The van der Waals surface area contributed by atoms with E-state index >= 15 is 0 Å². The minimum absolute atomic E-state index is 0.295. The van der Waals surface area contributed by atoms with Crippen LogP contribution in [-0.2, 0) is 14.2 Å². The third-order valence-electron chi connectivity index (χ3n) is 2.76. The Labute approximate surface area is 95.3 Å². The second-order valence-electron chi connectivity index (χ2n) is 3.97. The zero-order valence-corrected chi connectivity index (χ0v) is 9.54. The highest BCUT2D eigenvalue weighted by Gasteiger charge is 2.23. The van der Waals surface area contributed by atoms with Gasteiger partial charge in [0.15, 0.2) is 6.29 Å². The van der Waals surface area contributed by atoms with Crippen LogP contribution in [0, 0.1) is 0 Å². The summed E-state index contributed by atoms with van der Waals surface area (Å²) in [5.41, 5.74) is 0. The van der Waals surface area contributed by atoms with E-state index in [1.165, 1.54) is 25.5 Å². The average Bonchev–Trinajstić information content (AvgIpc) is 2.46. The summed E-state index contributed by atoms with van der Waals surface area (Å²) in [4.78, 5) is 0. The molecule has 3 nitrogen and oxygen atoms in total. The lowest BCUT2D eigenvalue weighted by Crippen LogP contribution is -2.26. The van der Waals surface area contributed by atoms with Crippen molar-refractivity contribution in [3.63, 3.8) is 0 Å². The minimum atomic E-state index is -0.419. The molecule has 0 N–H and O–H groups in total. The van der Waals surface area contributed by atoms with Crippen LogP contribution < -0.4 is 0 Å². The highest BCUT2D eigenvalue weighted by Crippen LogP contribution is 2.25. The lowest BCUT2D eigenvalue weighted by Gasteiger charge is -2.26. The van der Waals surface area contributed by atoms with Crippen LogP contribution in [0.5, 0.6) is 0 Å². The quantitative estimate of drug-likeness (QED) is 0.733. The van der Waals surface area contributed by atoms with Crippen molar-refractivity contribution in [2.24, 2.45) is 0 Å². The molecule has 4 heteroatoms. The van der Waals surface area contributed by atoms with Crippen molar-refractivity contribution in [3.8, 4) is 0 Å². The van der Waals surface area contributed by atoms with Crippen molar-refractivity contribution in [1.29, 1.82) is 0 Å². The molecule has 1 aliphatic carbocycles. The van der Waals surface area contributed by atoms with Crippen molar-refractivity contribution in [3.05, 3.63) is 11.3 Å². The van der Waals surface area contributed by atoms with E-state index < -0.39 is 6.29 Å². The number of ether oxygens (including phenoxy) is 3. The van der Waals surface area contributed by atoms with Gasteiger partial charge in [0, 0.05) is 0 Å². The van der Waals surface area contributed by atoms with Gasteiger partial charge in [0.1, 0.15) is 17.9 Å². The molecule has 1 fully saturated rings. The summed E-state index contributed by atoms with van der Waals surface area (Å²) >= 11 is 5.99. The Morgan fingerprint density at radius 3 is 2.80 bits per heavy atom. The van der Waals surface area contributed by atoms with Crippen molar-refractivity contribution in [2.45, 2.75) is 44.5 Å². The van der Waals surface area contributed by atoms with Crippen molar-refractivity contribution in [1.82, 2.24) is 0 Å². The lowest BCUT2D eigenvalue weighted by molar-refractivity contribution is -0.151. The summed E-state index contributed by atoms with van der Waals surface area (Å²) < 4.78 is 16.4. The summed E-state index contributed by atoms with van der Waals surface area (Å²) in [6, 6.07) is 0. The molecular formula is C11H17ClO3. The monoisotopic (exact) mass is 232 g/mol. The first kappa shape index (κ1) is 11.2. The first-order valence-electron chi connectivity index (χ1n) is 5.60. The number of hydrogen-bond donors (Lipinski definition) is 0. The molecule has 0 aromatic heterocycles. The van der Waals surface area contributed by atoms with Gasteiger partial charge in [-0.3, -0.25) is 0 Å². The van der Waals surface area contributed by atoms with E-state index in [0.717, 1.165) is 12.8 Å². The molecule has 1 saturated carbocycles.